The molecular formula is C22H38O4S. The molecule has 1 rings (SSSR count). The Labute approximate surface area is 166 Å². The zero-order chi connectivity index (χ0) is 20.1. The molecule has 0 fully saturated rings. The first-order valence-corrected chi connectivity index (χ1v) is 12.1. The number of phenolic OH excluding ortho intramolecular Hbond substituents is 1. The third-order valence-corrected chi connectivity index (χ3v) is 6.63. The maximum Gasteiger partial charge on any atom is 0.312 e. The number of unbranched alkanes of at least 4 members (excludes halogenated alkanes) is 8. The number of hydrogen-bond donors (Lipinski definition) is 1. The Bertz CT molecular complexity index is 605. The Morgan fingerprint density at radius 1 is 0.852 bits per heavy atom. The Hall–Kier alpha value is -1.23. The fourth-order valence-corrected chi connectivity index (χ4v) is 4.77. The highest BCUT2D eigenvalue weighted by Crippen LogP contribution is 2.26. The zero-order valence-corrected chi connectivity index (χ0v) is 18.2. The van der Waals surface area contributed by atoms with E-state index < -0.39 is 15.4 Å². The van der Waals surface area contributed by atoms with E-state index >= 15 is 0 Å². The molecule has 1 aromatic rings. The summed E-state index contributed by atoms with van der Waals surface area (Å²) in [5, 5.41) is 9.23. The van der Waals surface area contributed by atoms with Crippen LogP contribution in [0.5, 0.6) is 11.5 Å². The predicted molar refractivity (Wildman–Crippen MR) is 113 cm³/mol. The number of aryl methyl sites for hydroxylation is 1. The second-order valence-corrected chi connectivity index (χ2v) is 9.43. The average molecular weight is 399 g/mol. The molecule has 0 amide bonds. The number of hydrogen-bond acceptors (Lipinski definition) is 4. The molecule has 156 valence electrons. The predicted octanol–water partition coefficient (Wildman–Crippen LogP) is 6.50. The van der Waals surface area contributed by atoms with Crippen molar-refractivity contribution in [1.82, 2.24) is 0 Å². The van der Waals surface area contributed by atoms with Crippen LogP contribution in [0.4, 0.5) is 0 Å². The van der Waals surface area contributed by atoms with Crippen LogP contribution in [0.15, 0.2) is 18.2 Å². The van der Waals surface area contributed by atoms with Gasteiger partial charge in [0.2, 0.25) is 0 Å². The quantitative estimate of drug-likeness (QED) is 0.270. The second-order valence-electron chi connectivity index (χ2n) is 7.61. The van der Waals surface area contributed by atoms with Crippen molar-refractivity contribution in [2.75, 3.05) is 0 Å². The summed E-state index contributed by atoms with van der Waals surface area (Å²) in [5.41, 5.74) is 0.774. The second kappa shape index (κ2) is 13.0. The molecule has 0 radical (unpaired) electrons. The number of phenols is 1. The lowest BCUT2D eigenvalue weighted by Gasteiger charge is -2.18. The van der Waals surface area contributed by atoms with Gasteiger partial charge in [0.1, 0.15) is 11.5 Å². The van der Waals surface area contributed by atoms with Crippen molar-refractivity contribution in [1.29, 1.82) is 0 Å². The summed E-state index contributed by atoms with van der Waals surface area (Å²) in [4.78, 5) is 0. The summed E-state index contributed by atoms with van der Waals surface area (Å²) in [7, 11) is -3.70. The molecular weight excluding hydrogens is 360 g/mol. The monoisotopic (exact) mass is 398 g/mol. The van der Waals surface area contributed by atoms with Gasteiger partial charge in [-0.2, -0.15) is 8.42 Å². The number of rotatable bonds is 15. The molecule has 0 spiro atoms. The molecule has 0 heterocycles. The highest BCUT2D eigenvalue weighted by atomic mass is 32.2. The molecule has 1 N–H and O–H groups in total. The molecule has 4 nitrogen and oxygen atoms in total. The Morgan fingerprint density at radius 3 is 1.93 bits per heavy atom. The Balaban J connectivity index is 2.68. The van der Waals surface area contributed by atoms with E-state index in [1.165, 1.54) is 31.7 Å². The minimum atomic E-state index is -3.70. The highest BCUT2D eigenvalue weighted by molar-refractivity contribution is 7.87. The van der Waals surface area contributed by atoms with Gasteiger partial charge in [0.05, 0.1) is 5.25 Å². The Morgan fingerprint density at radius 2 is 1.37 bits per heavy atom. The van der Waals surface area contributed by atoms with Crippen LogP contribution in [0.2, 0.25) is 0 Å². The molecule has 0 bridgehead atoms. The van der Waals surface area contributed by atoms with Gasteiger partial charge in [-0.05, 0) is 37.5 Å². The van der Waals surface area contributed by atoms with Gasteiger partial charge >= 0.3 is 10.1 Å². The van der Waals surface area contributed by atoms with Crippen LogP contribution in [-0.4, -0.2) is 18.8 Å². The third kappa shape index (κ3) is 10.0. The van der Waals surface area contributed by atoms with Gasteiger partial charge in [-0.1, -0.05) is 78.1 Å². The van der Waals surface area contributed by atoms with Gasteiger partial charge in [-0.3, -0.25) is 0 Å². The summed E-state index contributed by atoms with van der Waals surface area (Å²) in [5.74, 6) is 0.227. The summed E-state index contributed by atoms with van der Waals surface area (Å²) in [6.45, 7) is 6.15. The first-order valence-electron chi connectivity index (χ1n) is 10.6. The van der Waals surface area contributed by atoms with Crippen LogP contribution in [0.25, 0.3) is 0 Å². The van der Waals surface area contributed by atoms with Gasteiger partial charge in [0.25, 0.3) is 0 Å². The van der Waals surface area contributed by atoms with Gasteiger partial charge in [-0.15, -0.1) is 0 Å². The maximum absolute atomic E-state index is 12.8. The van der Waals surface area contributed by atoms with Crippen molar-refractivity contribution in [2.45, 2.75) is 103 Å². The van der Waals surface area contributed by atoms with Gasteiger partial charge < -0.3 is 9.29 Å². The molecule has 1 atom stereocenters. The zero-order valence-electron chi connectivity index (χ0n) is 17.4. The fourth-order valence-electron chi connectivity index (χ4n) is 3.36. The van der Waals surface area contributed by atoms with E-state index in [-0.39, 0.29) is 11.5 Å². The van der Waals surface area contributed by atoms with Gasteiger partial charge in [0, 0.05) is 6.07 Å². The van der Waals surface area contributed by atoms with Gasteiger partial charge in [-0.25, -0.2) is 0 Å². The SMILES string of the molecule is CCCCCCCCC(CCCCCC)S(=O)(=O)Oc1cc(C)cc(O)c1. The van der Waals surface area contributed by atoms with E-state index in [0.717, 1.165) is 44.1 Å². The Kier molecular flexibility index (Phi) is 11.5. The van der Waals surface area contributed by atoms with Crippen LogP contribution in [-0.2, 0) is 10.1 Å². The first-order chi connectivity index (χ1) is 12.9. The lowest BCUT2D eigenvalue weighted by Crippen LogP contribution is -2.26. The van der Waals surface area contributed by atoms with E-state index in [9.17, 15) is 13.5 Å². The summed E-state index contributed by atoms with van der Waals surface area (Å²) in [6, 6.07) is 4.59. The normalized spacial score (nSPS) is 12.9. The van der Waals surface area contributed by atoms with E-state index in [4.69, 9.17) is 4.18 Å². The van der Waals surface area contributed by atoms with E-state index in [1.54, 1.807) is 19.1 Å². The molecule has 1 aromatic carbocycles. The number of benzene rings is 1. The minimum Gasteiger partial charge on any atom is -0.508 e. The molecule has 0 saturated carbocycles. The lowest BCUT2D eigenvalue weighted by atomic mass is 10.0. The van der Waals surface area contributed by atoms with Crippen LogP contribution in [0.1, 0.15) is 96.5 Å². The minimum absolute atomic E-state index is 0.0237. The topological polar surface area (TPSA) is 63.6 Å². The van der Waals surface area contributed by atoms with Crippen LogP contribution >= 0.6 is 0 Å². The van der Waals surface area contributed by atoms with E-state index in [2.05, 4.69) is 13.8 Å². The first kappa shape index (κ1) is 23.8. The van der Waals surface area contributed by atoms with Crippen LogP contribution < -0.4 is 4.18 Å². The number of aromatic hydroxyl groups is 1. The molecule has 0 aliphatic rings. The largest absolute Gasteiger partial charge is 0.508 e. The van der Waals surface area contributed by atoms with E-state index in [0.29, 0.717) is 12.8 Å². The standard InChI is InChI=1S/C22H38O4S/c1-4-6-8-10-11-13-15-22(14-12-9-7-5-2)27(24,25)26-21-17-19(3)16-20(23)18-21/h16-18,22-23H,4-15H2,1-3H3. The van der Waals surface area contributed by atoms with Crippen LogP contribution in [0.3, 0.4) is 0 Å². The van der Waals surface area contributed by atoms with Crippen molar-refractivity contribution < 1.29 is 17.7 Å². The fraction of sp³-hybridized carbons (Fsp3) is 0.727. The molecule has 0 saturated heterocycles. The molecule has 5 heteroatoms. The van der Waals surface area contributed by atoms with Crippen molar-refractivity contribution in [3.05, 3.63) is 23.8 Å². The smallest absolute Gasteiger partial charge is 0.312 e. The van der Waals surface area contributed by atoms with Crippen molar-refractivity contribution in [3.63, 3.8) is 0 Å². The molecule has 27 heavy (non-hydrogen) atoms. The summed E-state index contributed by atoms with van der Waals surface area (Å²) >= 11 is 0. The van der Waals surface area contributed by atoms with Crippen LogP contribution in [0, 0.1) is 6.92 Å². The molecule has 0 aromatic heterocycles. The molecule has 1 unspecified atom stereocenters. The third-order valence-electron chi connectivity index (χ3n) is 4.92. The van der Waals surface area contributed by atoms with Crippen molar-refractivity contribution in [2.24, 2.45) is 0 Å². The maximum atomic E-state index is 12.8. The van der Waals surface area contributed by atoms with Crippen molar-refractivity contribution in [3.8, 4) is 11.5 Å². The van der Waals surface area contributed by atoms with Gasteiger partial charge in [0.15, 0.2) is 0 Å². The van der Waals surface area contributed by atoms with E-state index in [1.807, 2.05) is 0 Å². The lowest BCUT2D eigenvalue weighted by molar-refractivity contribution is 0.441. The van der Waals surface area contributed by atoms with Crippen molar-refractivity contribution >= 4 is 10.1 Å². The molecule has 0 aliphatic carbocycles. The summed E-state index contributed by atoms with van der Waals surface area (Å²) < 4.78 is 31.1. The summed E-state index contributed by atoms with van der Waals surface area (Å²) in [6.07, 6.45) is 12.4. The molecule has 0 aliphatic heterocycles. The highest BCUT2D eigenvalue weighted by Gasteiger charge is 2.27. The average Bonchev–Trinajstić information content (AvgIpc) is 2.58.